The lowest BCUT2D eigenvalue weighted by Gasteiger charge is -2.23. The minimum Gasteiger partial charge on any atom is -0.448 e. The molecular weight excluding hydrogens is 304 g/mol. The van der Waals surface area contributed by atoms with E-state index in [1.165, 1.54) is 24.7 Å². The molecule has 0 bridgehead atoms. The number of carbonyl (C=O) groups excluding carboxylic acids is 3. The second kappa shape index (κ2) is 7.93. The number of amides is 3. The molecular formula is C15H20N2O4S. The fourth-order valence-corrected chi connectivity index (χ4v) is 2.95. The lowest BCUT2D eigenvalue weighted by atomic mass is 9.96. The summed E-state index contributed by atoms with van der Waals surface area (Å²) in [6.07, 6.45) is 4.22. The molecule has 1 aromatic rings. The van der Waals surface area contributed by atoms with Gasteiger partial charge in [0.05, 0.1) is 0 Å². The molecule has 1 fully saturated rings. The molecule has 1 aliphatic rings. The molecule has 0 aliphatic heterocycles. The Kier molecular flexibility index (Phi) is 5.94. The Bertz CT molecular complexity index is 524. The Labute approximate surface area is 133 Å². The zero-order valence-corrected chi connectivity index (χ0v) is 13.3. The molecule has 22 heavy (non-hydrogen) atoms. The summed E-state index contributed by atoms with van der Waals surface area (Å²) in [6, 6.07) is 2.93. The number of nitrogens with one attached hydrogen (secondary N) is 2. The van der Waals surface area contributed by atoms with Crippen LogP contribution in [0, 0.1) is 0 Å². The first-order chi connectivity index (χ1) is 10.6. The number of ether oxygens (including phenoxy) is 1. The maximum atomic E-state index is 11.9. The summed E-state index contributed by atoms with van der Waals surface area (Å²) < 4.78 is 5.03. The van der Waals surface area contributed by atoms with Gasteiger partial charge >= 0.3 is 12.0 Å². The highest BCUT2D eigenvalue weighted by molar-refractivity contribution is 7.11. The zero-order chi connectivity index (χ0) is 15.9. The highest BCUT2D eigenvalue weighted by Gasteiger charge is 2.22. The molecule has 1 saturated carbocycles. The van der Waals surface area contributed by atoms with Crippen molar-refractivity contribution < 1.29 is 19.1 Å². The maximum absolute atomic E-state index is 11.9. The first-order valence-electron chi connectivity index (χ1n) is 7.42. The SMILES string of the molecule is C[C@@H](OC(=O)c1cccs1)C(=O)NC(=O)NC1CCCCC1. The number of hydrogen-bond donors (Lipinski definition) is 2. The fraction of sp³-hybridized carbons (Fsp3) is 0.533. The van der Waals surface area contributed by atoms with E-state index in [9.17, 15) is 14.4 Å². The molecule has 0 spiro atoms. The first-order valence-corrected chi connectivity index (χ1v) is 8.30. The Morgan fingerprint density at radius 1 is 1.27 bits per heavy atom. The minimum absolute atomic E-state index is 0.116. The highest BCUT2D eigenvalue weighted by atomic mass is 32.1. The van der Waals surface area contributed by atoms with Gasteiger partial charge in [0.25, 0.3) is 5.91 Å². The molecule has 1 heterocycles. The van der Waals surface area contributed by atoms with Crippen LogP contribution in [0.25, 0.3) is 0 Å². The summed E-state index contributed by atoms with van der Waals surface area (Å²) in [4.78, 5) is 35.8. The summed E-state index contributed by atoms with van der Waals surface area (Å²) >= 11 is 1.24. The van der Waals surface area contributed by atoms with Crippen molar-refractivity contribution in [2.45, 2.75) is 51.2 Å². The van der Waals surface area contributed by atoms with Crippen LogP contribution < -0.4 is 10.6 Å². The van der Waals surface area contributed by atoms with Gasteiger partial charge in [-0.1, -0.05) is 25.3 Å². The first kappa shape index (κ1) is 16.5. The van der Waals surface area contributed by atoms with Crippen LogP contribution in [0.15, 0.2) is 17.5 Å². The smallest absolute Gasteiger partial charge is 0.349 e. The van der Waals surface area contributed by atoms with Crippen molar-refractivity contribution in [2.24, 2.45) is 0 Å². The van der Waals surface area contributed by atoms with Gasteiger partial charge in [-0.2, -0.15) is 0 Å². The molecule has 0 saturated heterocycles. The Morgan fingerprint density at radius 2 is 2.00 bits per heavy atom. The number of carbonyl (C=O) groups is 3. The lowest BCUT2D eigenvalue weighted by molar-refractivity contribution is -0.127. The van der Waals surface area contributed by atoms with Crippen molar-refractivity contribution in [2.75, 3.05) is 0 Å². The van der Waals surface area contributed by atoms with Crippen molar-refractivity contribution in [1.82, 2.24) is 10.6 Å². The van der Waals surface area contributed by atoms with Gasteiger partial charge in [-0.05, 0) is 31.2 Å². The molecule has 0 unspecified atom stereocenters. The second-order valence-electron chi connectivity index (χ2n) is 5.32. The van der Waals surface area contributed by atoms with Crippen LogP contribution in [0.4, 0.5) is 4.79 Å². The van der Waals surface area contributed by atoms with E-state index in [1.54, 1.807) is 17.5 Å². The van der Waals surface area contributed by atoms with Crippen LogP contribution in [0.5, 0.6) is 0 Å². The summed E-state index contributed by atoms with van der Waals surface area (Å²) in [5, 5.41) is 6.74. The summed E-state index contributed by atoms with van der Waals surface area (Å²) in [6.45, 7) is 1.44. The number of hydrogen-bond acceptors (Lipinski definition) is 5. The molecule has 6 nitrogen and oxygen atoms in total. The molecule has 1 aliphatic carbocycles. The number of esters is 1. The summed E-state index contributed by atoms with van der Waals surface area (Å²) in [7, 11) is 0. The quantitative estimate of drug-likeness (QED) is 0.833. The van der Waals surface area contributed by atoms with Crippen LogP contribution in [-0.2, 0) is 9.53 Å². The Balaban J connectivity index is 1.75. The van der Waals surface area contributed by atoms with E-state index in [2.05, 4.69) is 10.6 Å². The van der Waals surface area contributed by atoms with Crippen molar-refractivity contribution in [3.8, 4) is 0 Å². The number of imide groups is 1. The molecule has 3 amide bonds. The van der Waals surface area contributed by atoms with Crippen molar-refractivity contribution in [3.63, 3.8) is 0 Å². The van der Waals surface area contributed by atoms with Gasteiger partial charge in [-0.15, -0.1) is 11.3 Å². The van der Waals surface area contributed by atoms with E-state index in [4.69, 9.17) is 4.74 Å². The molecule has 0 radical (unpaired) electrons. The number of thiophene rings is 1. The Morgan fingerprint density at radius 3 is 2.64 bits per heavy atom. The topological polar surface area (TPSA) is 84.5 Å². The minimum atomic E-state index is -1.02. The van der Waals surface area contributed by atoms with Crippen LogP contribution in [0.2, 0.25) is 0 Å². The van der Waals surface area contributed by atoms with Crippen LogP contribution in [0.3, 0.4) is 0 Å². The van der Waals surface area contributed by atoms with Crippen molar-refractivity contribution in [1.29, 1.82) is 0 Å². The monoisotopic (exact) mass is 324 g/mol. The van der Waals surface area contributed by atoms with Gasteiger partial charge in [0, 0.05) is 6.04 Å². The van der Waals surface area contributed by atoms with Gasteiger partial charge < -0.3 is 10.1 Å². The predicted octanol–water partition coefficient (Wildman–Crippen LogP) is 2.45. The van der Waals surface area contributed by atoms with Gasteiger partial charge in [0.15, 0.2) is 6.10 Å². The van der Waals surface area contributed by atoms with Gasteiger partial charge in [-0.3, -0.25) is 10.1 Å². The van der Waals surface area contributed by atoms with Gasteiger partial charge in [0.1, 0.15) is 4.88 Å². The zero-order valence-electron chi connectivity index (χ0n) is 12.5. The summed E-state index contributed by atoms with van der Waals surface area (Å²) in [5.74, 6) is -1.19. The molecule has 2 N–H and O–H groups in total. The number of urea groups is 1. The molecule has 2 rings (SSSR count). The molecule has 120 valence electrons. The normalized spacial score (nSPS) is 16.6. The summed E-state index contributed by atoms with van der Waals surface area (Å²) in [5.41, 5.74) is 0. The van der Waals surface area contributed by atoms with Crippen molar-refractivity contribution >= 4 is 29.2 Å². The van der Waals surface area contributed by atoms with E-state index < -0.39 is 24.0 Å². The predicted molar refractivity (Wildman–Crippen MR) is 82.7 cm³/mol. The van der Waals surface area contributed by atoms with Crippen LogP contribution in [-0.4, -0.2) is 30.1 Å². The maximum Gasteiger partial charge on any atom is 0.349 e. The molecule has 1 atom stereocenters. The Hall–Kier alpha value is -1.89. The lowest BCUT2D eigenvalue weighted by Crippen LogP contribution is -2.48. The largest absolute Gasteiger partial charge is 0.448 e. The average molecular weight is 324 g/mol. The third kappa shape index (κ3) is 4.84. The van der Waals surface area contributed by atoms with E-state index in [1.807, 2.05) is 0 Å². The molecule has 7 heteroatoms. The van der Waals surface area contributed by atoms with E-state index in [0.29, 0.717) is 4.88 Å². The molecule has 0 aromatic carbocycles. The van der Waals surface area contributed by atoms with Crippen molar-refractivity contribution in [3.05, 3.63) is 22.4 Å². The van der Waals surface area contributed by atoms with Crippen LogP contribution in [0.1, 0.15) is 48.7 Å². The van der Waals surface area contributed by atoms with E-state index in [-0.39, 0.29) is 6.04 Å². The number of rotatable bonds is 4. The van der Waals surface area contributed by atoms with Gasteiger partial charge in [0.2, 0.25) is 0 Å². The van der Waals surface area contributed by atoms with E-state index in [0.717, 1.165) is 25.7 Å². The third-order valence-electron chi connectivity index (χ3n) is 3.55. The highest BCUT2D eigenvalue weighted by Crippen LogP contribution is 2.17. The van der Waals surface area contributed by atoms with Gasteiger partial charge in [-0.25, -0.2) is 9.59 Å². The van der Waals surface area contributed by atoms with Crippen LogP contribution >= 0.6 is 11.3 Å². The second-order valence-corrected chi connectivity index (χ2v) is 6.27. The molecule has 1 aromatic heterocycles. The average Bonchev–Trinajstić information content (AvgIpc) is 3.02. The fourth-order valence-electron chi connectivity index (χ4n) is 2.35. The third-order valence-corrected chi connectivity index (χ3v) is 4.40. The standard InChI is InChI=1S/C15H20N2O4S/c1-10(21-14(19)12-8-5-9-22-12)13(18)17-15(20)16-11-6-3-2-4-7-11/h5,8-11H,2-4,6-7H2,1H3,(H2,16,17,18,20)/t10-/m1/s1. The van der Waals surface area contributed by atoms with E-state index >= 15 is 0 Å².